The summed E-state index contributed by atoms with van der Waals surface area (Å²) in [6.45, 7) is 5.53. The third-order valence-electron chi connectivity index (χ3n) is 3.54. The molecule has 1 aliphatic heterocycles. The number of carbonyl (C=O) groups excluding carboxylic acids is 1. The van der Waals surface area contributed by atoms with Crippen molar-refractivity contribution in [2.45, 2.75) is 38.6 Å². The van der Waals surface area contributed by atoms with Crippen molar-refractivity contribution < 1.29 is 9.90 Å². The molecule has 1 saturated heterocycles. The molecule has 1 aromatic rings. The topological polar surface area (TPSA) is 65.5 Å². The molecule has 1 fully saturated rings. The van der Waals surface area contributed by atoms with E-state index in [1.165, 1.54) is 19.3 Å². The number of pyridine rings is 1. The summed E-state index contributed by atoms with van der Waals surface area (Å²) < 4.78 is 0. The van der Waals surface area contributed by atoms with E-state index in [1.807, 2.05) is 6.07 Å². The maximum absolute atomic E-state index is 12.0. The van der Waals surface area contributed by atoms with Crippen LogP contribution in [0, 0.1) is 0 Å². The molecule has 0 aliphatic carbocycles. The monoisotopic (exact) mass is 277 g/mol. The van der Waals surface area contributed by atoms with Crippen LogP contribution in [-0.2, 0) is 0 Å². The van der Waals surface area contributed by atoms with Gasteiger partial charge in [0, 0.05) is 19.3 Å². The highest BCUT2D eigenvalue weighted by atomic mass is 16.3. The summed E-state index contributed by atoms with van der Waals surface area (Å²) in [7, 11) is 0. The molecule has 1 aliphatic rings. The highest BCUT2D eigenvalue weighted by Gasteiger charge is 2.20. The van der Waals surface area contributed by atoms with Crippen LogP contribution in [0.5, 0.6) is 0 Å². The van der Waals surface area contributed by atoms with E-state index in [-0.39, 0.29) is 12.5 Å². The van der Waals surface area contributed by atoms with Gasteiger partial charge in [0.15, 0.2) is 0 Å². The normalized spacial score (nSPS) is 16.1. The molecule has 0 spiro atoms. The Kier molecular flexibility index (Phi) is 4.60. The van der Waals surface area contributed by atoms with Crippen LogP contribution in [0.15, 0.2) is 18.3 Å². The summed E-state index contributed by atoms with van der Waals surface area (Å²) in [5.74, 6) is 0.726. The largest absolute Gasteiger partial charge is 0.394 e. The molecule has 0 radical (unpaired) electrons. The lowest BCUT2D eigenvalue weighted by atomic mass is 10.1. The van der Waals surface area contributed by atoms with Crippen LogP contribution in [0.25, 0.3) is 0 Å². The Morgan fingerprint density at radius 2 is 2.05 bits per heavy atom. The minimum atomic E-state index is -0.622. The Morgan fingerprint density at radius 3 is 2.60 bits per heavy atom. The van der Waals surface area contributed by atoms with Crippen molar-refractivity contribution in [3.05, 3.63) is 23.9 Å². The maximum Gasteiger partial charge on any atom is 0.253 e. The first-order valence-corrected chi connectivity index (χ1v) is 7.16. The summed E-state index contributed by atoms with van der Waals surface area (Å²) >= 11 is 0. The second-order valence-electron chi connectivity index (χ2n) is 5.95. The highest BCUT2D eigenvalue weighted by Crippen LogP contribution is 2.17. The molecule has 20 heavy (non-hydrogen) atoms. The van der Waals surface area contributed by atoms with E-state index in [1.54, 1.807) is 26.1 Å². The highest BCUT2D eigenvalue weighted by molar-refractivity contribution is 5.94. The van der Waals surface area contributed by atoms with E-state index in [0.29, 0.717) is 5.56 Å². The Bertz CT molecular complexity index is 451. The fraction of sp³-hybridized carbons (Fsp3) is 0.600. The van der Waals surface area contributed by atoms with E-state index >= 15 is 0 Å². The molecule has 5 heteroatoms. The number of nitrogens with one attached hydrogen (secondary N) is 1. The predicted molar refractivity (Wildman–Crippen MR) is 78.9 cm³/mol. The van der Waals surface area contributed by atoms with Gasteiger partial charge in [0.25, 0.3) is 5.91 Å². The zero-order chi connectivity index (χ0) is 14.6. The van der Waals surface area contributed by atoms with Crippen molar-refractivity contribution in [2.75, 3.05) is 24.6 Å². The number of piperidine rings is 1. The molecule has 2 N–H and O–H groups in total. The number of rotatable bonds is 4. The van der Waals surface area contributed by atoms with E-state index in [9.17, 15) is 4.79 Å². The minimum Gasteiger partial charge on any atom is -0.394 e. The first-order chi connectivity index (χ1) is 9.52. The van der Waals surface area contributed by atoms with Crippen LogP contribution < -0.4 is 10.2 Å². The van der Waals surface area contributed by atoms with Crippen molar-refractivity contribution >= 4 is 11.7 Å². The van der Waals surface area contributed by atoms with Crippen LogP contribution in [0.4, 0.5) is 5.82 Å². The van der Waals surface area contributed by atoms with Gasteiger partial charge in [-0.3, -0.25) is 4.79 Å². The third-order valence-corrected chi connectivity index (χ3v) is 3.54. The number of aliphatic hydroxyl groups is 1. The summed E-state index contributed by atoms with van der Waals surface area (Å²) in [6.07, 6.45) is 5.29. The number of aliphatic hydroxyl groups excluding tert-OH is 1. The Balaban J connectivity index is 2.02. The molecule has 0 aromatic carbocycles. The van der Waals surface area contributed by atoms with Gasteiger partial charge in [0.1, 0.15) is 5.82 Å². The molecule has 5 nitrogen and oxygen atoms in total. The van der Waals surface area contributed by atoms with Crippen LogP contribution in [0.2, 0.25) is 0 Å². The summed E-state index contributed by atoms with van der Waals surface area (Å²) in [6, 6.07) is 3.69. The number of carbonyl (C=O) groups is 1. The first kappa shape index (κ1) is 14.8. The van der Waals surface area contributed by atoms with E-state index in [0.717, 1.165) is 18.9 Å². The molecule has 0 saturated carbocycles. The van der Waals surface area contributed by atoms with Crippen molar-refractivity contribution in [3.63, 3.8) is 0 Å². The molecule has 2 rings (SSSR count). The van der Waals surface area contributed by atoms with Crippen LogP contribution in [0.1, 0.15) is 43.5 Å². The first-order valence-electron chi connectivity index (χ1n) is 7.16. The standard InChI is InChI=1S/C15H23N3O2/c1-15(2,11-19)17-14(20)12-6-7-13(16-10-12)18-8-4-3-5-9-18/h6-7,10,19H,3-5,8-9,11H2,1-2H3,(H,17,20). The molecule has 1 aromatic heterocycles. The van der Waals surface area contributed by atoms with Crippen molar-refractivity contribution in [2.24, 2.45) is 0 Å². The van der Waals surface area contributed by atoms with Gasteiger partial charge in [-0.25, -0.2) is 4.98 Å². The summed E-state index contributed by atoms with van der Waals surface area (Å²) in [5.41, 5.74) is -0.102. The van der Waals surface area contributed by atoms with Crippen LogP contribution in [-0.4, -0.2) is 41.2 Å². The van der Waals surface area contributed by atoms with Crippen LogP contribution >= 0.6 is 0 Å². The van der Waals surface area contributed by atoms with E-state index in [2.05, 4.69) is 15.2 Å². The van der Waals surface area contributed by atoms with E-state index < -0.39 is 5.54 Å². The zero-order valence-electron chi connectivity index (χ0n) is 12.2. The average molecular weight is 277 g/mol. The number of nitrogens with zero attached hydrogens (tertiary/aromatic N) is 2. The average Bonchev–Trinajstić information content (AvgIpc) is 2.48. The van der Waals surface area contributed by atoms with Gasteiger partial charge in [-0.1, -0.05) is 0 Å². The van der Waals surface area contributed by atoms with Crippen molar-refractivity contribution in [1.29, 1.82) is 0 Å². The fourth-order valence-electron chi connectivity index (χ4n) is 2.25. The van der Waals surface area contributed by atoms with Gasteiger partial charge in [0.2, 0.25) is 0 Å². The van der Waals surface area contributed by atoms with Gasteiger partial charge < -0.3 is 15.3 Å². The van der Waals surface area contributed by atoms with Crippen molar-refractivity contribution in [3.8, 4) is 0 Å². The molecule has 0 atom stereocenters. The Morgan fingerprint density at radius 1 is 1.35 bits per heavy atom. The van der Waals surface area contributed by atoms with Crippen molar-refractivity contribution in [1.82, 2.24) is 10.3 Å². The molecular weight excluding hydrogens is 254 g/mol. The molecule has 110 valence electrons. The van der Waals surface area contributed by atoms with Gasteiger partial charge in [-0.05, 0) is 45.2 Å². The van der Waals surface area contributed by atoms with Crippen LogP contribution in [0.3, 0.4) is 0 Å². The van der Waals surface area contributed by atoms with Gasteiger partial charge >= 0.3 is 0 Å². The Hall–Kier alpha value is -1.62. The van der Waals surface area contributed by atoms with Gasteiger partial charge in [-0.15, -0.1) is 0 Å². The number of hydrogen-bond donors (Lipinski definition) is 2. The lowest BCUT2D eigenvalue weighted by Crippen LogP contribution is -2.46. The van der Waals surface area contributed by atoms with Gasteiger partial charge in [-0.2, -0.15) is 0 Å². The second-order valence-corrected chi connectivity index (χ2v) is 5.95. The smallest absolute Gasteiger partial charge is 0.253 e. The second kappa shape index (κ2) is 6.22. The molecule has 1 amide bonds. The maximum atomic E-state index is 12.0. The predicted octanol–water partition coefficient (Wildman–Crippen LogP) is 1.57. The molecule has 0 unspecified atom stereocenters. The summed E-state index contributed by atoms with van der Waals surface area (Å²) in [4.78, 5) is 18.7. The number of hydrogen-bond acceptors (Lipinski definition) is 4. The van der Waals surface area contributed by atoms with E-state index in [4.69, 9.17) is 5.11 Å². The Labute approximate surface area is 120 Å². The minimum absolute atomic E-state index is 0.0992. The molecule has 0 bridgehead atoms. The molecule has 2 heterocycles. The molecular formula is C15H23N3O2. The number of amides is 1. The SMILES string of the molecule is CC(C)(CO)NC(=O)c1ccc(N2CCCCC2)nc1. The third kappa shape index (κ3) is 3.70. The lowest BCUT2D eigenvalue weighted by molar-refractivity contribution is 0.0869. The fourth-order valence-corrected chi connectivity index (χ4v) is 2.25. The lowest BCUT2D eigenvalue weighted by Gasteiger charge is -2.28. The van der Waals surface area contributed by atoms with Gasteiger partial charge in [0.05, 0.1) is 17.7 Å². The zero-order valence-corrected chi connectivity index (χ0v) is 12.2. The summed E-state index contributed by atoms with van der Waals surface area (Å²) in [5, 5.41) is 11.9. The number of anilines is 1. The number of aromatic nitrogens is 1. The quantitative estimate of drug-likeness (QED) is 0.877.